The van der Waals surface area contributed by atoms with Crippen LogP contribution < -0.4 is 9.47 Å². The van der Waals surface area contributed by atoms with E-state index in [0.717, 1.165) is 16.9 Å². The Morgan fingerprint density at radius 3 is 2.05 bits per heavy atom. The number of ether oxygens (including phenoxy) is 2. The van der Waals surface area contributed by atoms with Crippen LogP contribution in [0.1, 0.15) is 21.5 Å². The zero-order valence-corrected chi connectivity index (χ0v) is 20.9. The molecule has 0 atom stereocenters. The first-order chi connectivity index (χ1) is 18.9. The average Bonchev–Trinajstić information content (AvgIpc) is 3.31. The number of rotatable bonds is 6. The van der Waals surface area contributed by atoms with Crippen LogP contribution in [0.25, 0.3) is 20.8 Å². The van der Waals surface area contributed by atoms with Gasteiger partial charge in [0.05, 0.1) is 15.8 Å². The molecule has 12 heteroatoms. The van der Waals surface area contributed by atoms with Crippen molar-refractivity contribution in [1.82, 2.24) is 4.98 Å². The second-order valence-corrected chi connectivity index (χ2v) is 9.57. The van der Waals surface area contributed by atoms with Crippen molar-refractivity contribution in [2.24, 2.45) is 0 Å². The van der Waals surface area contributed by atoms with Gasteiger partial charge in [0.15, 0.2) is 17.5 Å². The van der Waals surface area contributed by atoms with Crippen molar-refractivity contribution >= 4 is 27.5 Å². The number of benzene rings is 4. The Kier molecular flexibility index (Phi) is 6.96. The van der Waals surface area contributed by atoms with Gasteiger partial charge in [0.2, 0.25) is 0 Å². The largest absolute Gasteiger partial charge is 0.432 e. The van der Waals surface area contributed by atoms with Crippen LogP contribution in [0.3, 0.4) is 0 Å². The fraction of sp³-hybridized carbons (Fsp3) is 0.0714. The Hall–Kier alpha value is -4.45. The summed E-state index contributed by atoms with van der Waals surface area (Å²) in [6.07, 6.45) is -4.72. The van der Waals surface area contributed by atoms with Crippen molar-refractivity contribution in [3.05, 3.63) is 113 Å². The van der Waals surface area contributed by atoms with E-state index in [9.17, 15) is 35.5 Å². The molecule has 0 aliphatic rings. The summed E-state index contributed by atoms with van der Waals surface area (Å²) in [6, 6.07) is 12.6. The molecule has 40 heavy (non-hydrogen) atoms. The lowest BCUT2D eigenvalue weighted by Crippen LogP contribution is -2.25. The molecule has 0 saturated carbocycles. The molecule has 0 amide bonds. The number of nitrogens with zero attached hydrogens (tertiary/aromatic N) is 1. The molecule has 0 spiro atoms. The van der Waals surface area contributed by atoms with E-state index in [1.54, 1.807) is 24.3 Å². The monoisotopic (exact) mass is 577 g/mol. The van der Waals surface area contributed by atoms with E-state index in [2.05, 4.69) is 9.72 Å². The second kappa shape index (κ2) is 10.3. The standard InChI is InChI=1S/C28H14F7NO3S/c1-13-2-5-16(6-3-13)38-27(37)14-4-7-22-23(10-14)40-26(36-22)15-8-18(29)24(19(30)9-15)28(34,35)39-17-11-20(31)25(33)21(32)12-17/h2-12H,1H3. The van der Waals surface area contributed by atoms with Crippen molar-refractivity contribution in [2.45, 2.75) is 13.0 Å². The highest BCUT2D eigenvalue weighted by Gasteiger charge is 2.41. The van der Waals surface area contributed by atoms with E-state index in [0.29, 0.717) is 28.1 Å². The summed E-state index contributed by atoms with van der Waals surface area (Å²) in [5.74, 6) is -10.5. The summed E-state index contributed by atoms with van der Waals surface area (Å²) in [4.78, 5) is 16.8. The van der Waals surface area contributed by atoms with Crippen LogP contribution in [0.15, 0.2) is 66.7 Å². The van der Waals surface area contributed by atoms with Crippen LogP contribution in [-0.2, 0) is 6.11 Å². The number of aromatic nitrogens is 1. The van der Waals surface area contributed by atoms with Gasteiger partial charge in [0, 0.05) is 17.7 Å². The quantitative estimate of drug-likeness (QED) is 0.0882. The van der Waals surface area contributed by atoms with Crippen molar-refractivity contribution in [3.63, 3.8) is 0 Å². The third kappa shape index (κ3) is 5.34. The second-order valence-electron chi connectivity index (χ2n) is 8.54. The van der Waals surface area contributed by atoms with Crippen LogP contribution in [0.2, 0.25) is 0 Å². The third-order valence-corrected chi connectivity index (χ3v) is 6.71. The predicted octanol–water partition coefficient (Wildman–Crippen LogP) is 8.31. The van der Waals surface area contributed by atoms with Gasteiger partial charge in [-0.25, -0.2) is 31.7 Å². The zero-order chi connectivity index (χ0) is 28.8. The summed E-state index contributed by atoms with van der Waals surface area (Å²) < 4.78 is 109. The molecule has 4 aromatic carbocycles. The number of carbonyl (C=O) groups is 1. The molecule has 5 aromatic rings. The molecular weight excluding hydrogens is 563 g/mol. The van der Waals surface area contributed by atoms with Gasteiger partial charge in [0.1, 0.15) is 33.7 Å². The molecular formula is C28H14F7NO3S. The highest BCUT2D eigenvalue weighted by molar-refractivity contribution is 7.21. The maximum atomic E-state index is 14.8. The molecule has 5 rings (SSSR count). The van der Waals surface area contributed by atoms with Crippen LogP contribution >= 0.6 is 11.3 Å². The van der Waals surface area contributed by atoms with Gasteiger partial charge in [-0.15, -0.1) is 11.3 Å². The smallest absolute Gasteiger partial charge is 0.429 e. The van der Waals surface area contributed by atoms with Crippen molar-refractivity contribution < 1.29 is 45.0 Å². The first-order valence-corrected chi connectivity index (χ1v) is 12.1. The highest BCUT2D eigenvalue weighted by Crippen LogP contribution is 2.39. The first-order valence-electron chi connectivity index (χ1n) is 11.3. The Labute approximate surface area is 225 Å². The molecule has 0 bridgehead atoms. The van der Waals surface area contributed by atoms with Crippen molar-refractivity contribution in [1.29, 1.82) is 0 Å². The summed E-state index contributed by atoms with van der Waals surface area (Å²) >= 11 is 0.938. The predicted molar refractivity (Wildman–Crippen MR) is 132 cm³/mol. The Morgan fingerprint density at radius 2 is 1.43 bits per heavy atom. The molecule has 0 aliphatic carbocycles. The topological polar surface area (TPSA) is 48.4 Å². The molecule has 1 heterocycles. The van der Waals surface area contributed by atoms with Crippen molar-refractivity contribution in [3.8, 4) is 22.1 Å². The highest BCUT2D eigenvalue weighted by atomic mass is 32.1. The molecule has 0 radical (unpaired) electrons. The van der Waals surface area contributed by atoms with Gasteiger partial charge in [-0.2, -0.15) is 8.78 Å². The fourth-order valence-corrected chi connectivity index (χ4v) is 4.70. The van der Waals surface area contributed by atoms with Gasteiger partial charge < -0.3 is 9.47 Å². The first kappa shape index (κ1) is 27.1. The number of alkyl halides is 2. The maximum Gasteiger partial charge on any atom is 0.432 e. The van der Waals surface area contributed by atoms with Gasteiger partial charge in [-0.05, 0) is 49.4 Å². The minimum Gasteiger partial charge on any atom is -0.429 e. The fourth-order valence-electron chi connectivity index (χ4n) is 3.71. The number of thiazole rings is 1. The summed E-state index contributed by atoms with van der Waals surface area (Å²) in [5.41, 5.74) is -0.497. The summed E-state index contributed by atoms with van der Waals surface area (Å²) in [6.45, 7) is 1.88. The zero-order valence-electron chi connectivity index (χ0n) is 20.1. The van der Waals surface area contributed by atoms with Crippen LogP contribution in [0, 0.1) is 36.0 Å². The van der Waals surface area contributed by atoms with E-state index in [-0.39, 0.29) is 28.3 Å². The molecule has 0 fully saturated rings. The lowest BCUT2D eigenvalue weighted by Gasteiger charge is -2.20. The SMILES string of the molecule is Cc1ccc(OC(=O)c2ccc3nc(-c4cc(F)c(C(F)(F)Oc5cc(F)c(F)c(F)c5)c(F)c4)sc3c2)cc1. The third-order valence-electron chi connectivity index (χ3n) is 5.64. The van der Waals surface area contributed by atoms with E-state index in [1.165, 1.54) is 18.2 Å². The molecule has 0 saturated heterocycles. The van der Waals surface area contributed by atoms with E-state index >= 15 is 0 Å². The number of hydrogen-bond acceptors (Lipinski definition) is 5. The van der Waals surface area contributed by atoms with E-state index in [1.807, 2.05) is 6.92 Å². The summed E-state index contributed by atoms with van der Waals surface area (Å²) in [5, 5.41) is 0.0512. The maximum absolute atomic E-state index is 14.8. The van der Waals surface area contributed by atoms with Crippen LogP contribution in [0.5, 0.6) is 11.5 Å². The number of hydrogen-bond donors (Lipinski definition) is 0. The van der Waals surface area contributed by atoms with Crippen LogP contribution in [0.4, 0.5) is 30.7 Å². The Balaban J connectivity index is 1.41. The Bertz CT molecular complexity index is 1720. The molecule has 204 valence electrons. The summed E-state index contributed by atoms with van der Waals surface area (Å²) in [7, 11) is 0. The normalized spacial score (nSPS) is 11.6. The van der Waals surface area contributed by atoms with E-state index in [4.69, 9.17) is 4.74 Å². The minimum absolute atomic E-state index is 0.0512. The molecule has 1 aromatic heterocycles. The van der Waals surface area contributed by atoms with Gasteiger partial charge in [0.25, 0.3) is 0 Å². The molecule has 4 nitrogen and oxygen atoms in total. The number of halogens is 7. The lowest BCUT2D eigenvalue weighted by atomic mass is 10.1. The Morgan fingerprint density at radius 1 is 0.800 bits per heavy atom. The van der Waals surface area contributed by atoms with Gasteiger partial charge in [-0.3, -0.25) is 0 Å². The molecule has 0 unspecified atom stereocenters. The minimum atomic E-state index is -4.72. The molecule has 0 N–H and O–H groups in total. The van der Waals surface area contributed by atoms with Crippen LogP contribution in [-0.4, -0.2) is 11.0 Å². The van der Waals surface area contributed by atoms with E-state index < -0.39 is 52.5 Å². The van der Waals surface area contributed by atoms with Gasteiger partial charge in [-0.1, -0.05) is 17.7 Å². The number of esters is 1. The lowest BCUT2D eigenvalue weighted by molar-refractivity contribution is -0.189. The van der Waals surface area contributed by atoms with Crippen molar-refractivity contribution in [2.75, 3.05) is 0 Å². The van der Waals surface area contributed by atoms with Gasteiger partial charge >= 0.3 is 12.1 Å². The number of fused-ring (bicyclic) bond motifs is 1. The number of carbonyl (C=O) groups excluding carboxylic acids is 1. The number of aryl methyl sites for hydroxylation is 1. The molecule has 0 aliphatic heterocycles. The average molecular weight is 577 g/mol.